The van der Waals surface area contributed by atoms with Gasteiger partial charge in [0.25, 0.3) is 0 Å². The van der Waals surface area contributed by atoms with Gasteiger partial charge >= 0.3 is 11.9 Å². The fourth-order valence-electron chi connectivity index (χ4n) is 1.36. The summed E-state index contributed by atoms with van der Waals surface area (Å²) < 4.78 is 4.66. The number of carbonyl (C=O) groups excluding carboxylic acids is 1. The lowest BCUT2D eigenvalue weighted by molar-refractivity contribution is -0.139. The van der Waals surface area contributed by atoms with Crippen LogP contribution in [0.5, 0.6) is 0 Å². The van der Waals surface area contributed by atoms with E-state index in [2.05, 4.69) is 4.74 Å². The summed E-state index contributed by atoms with van der Waals surface area (Å²) in [4.78, 5) is 22.0. The zero-order chi connectivity index (χ0) is 12.3. The number of ether oxygens (including phenoxy) is 1. The summed E-state index contributed by atoms with van der Waals surface area (Å²) >= 11 is 0. The maximum absolute atomic E-state index is 11.3. The van der Waals surface area contributed by atoms with Crippen molar-refractivity contribution in [1.29, 1.82) is 0 Å². The van der Waals surface area contributed by atoms with Gasteiger partial charge in [-0.3, -0.25) is 0 Å². The molecule has 16 heavy (non-hydrogen) atoms. The number of aliphatic hydroxyl groups is 2. The van der Waals surface area contributed by atoms with Crippen molar-refractivity contribution < 1.29 is 29.6 Å². The topological polar surface area (TPSA) is 104 Å². The lowest BCUT2D eigenvalue weighted by Gasteiger charge is -2.16. The van der Waals surface area contributed by atoms with Crippen LogP contribution in [0.15, 0.2) is 22.7 Å². The van der Waals surface area contributed by atoms with Crippen molar-refractivity contribution in [2.75, 3.05) is 6.61 Å². The van der Waals surface area contributed by atoms with Gasteiger partial charge in [-0.05, 0) is 6.92 Å². The van der Waals surface area contributed by atoms with Crippen LogP contribution in [0.3, 0.4) is 0 Å². The number of carboxylic acids is 1. The summed E-state index contributed by atoms with van der Waals surface area (Å²) in [6, 6.07) is 0. The molecule has 6 nitrogen and oxygen atoms in total. The van der Waals surface area contributed by atoms with E-state index in [-0.39, 0.29) is 36.4 Å². The van der Waals surface area contributed by atoms with Crippen molar-refractivity contribution in [2.45, 2.75) is 19.8 Å². The maximum atomic E-state index is 11.3. The predicted octanol–water partition coefficient (Wildman–Crippen LogP) is 1.05. The minimum atomic E-state index is -1.31. The van der Waals surface area contributed by atoms with Crippen molar-refractivity contribution in [3.8, 4) is 0 Å². The van der Waals surface area contributed by atoms with E-state index in [1.807, 2.05) is 0 Å². The van der Waals surface area contributed by atoms with Crippen LogP contribution in [0, 0.1) is 0 Å². The molecule has 0 aromatic carbocycles. The number of rotatable bonds is 3. The summed E-state index contributed by atoms with van der Waals surface area (Å²) in [5.74, 6) is -2.84. The van der Waals surface area contributed by atoms with E-state index >= 15 is 0 Å². The molecule has 0 unspecified atom stereocenters. The van der Waals surface area contributed by atoms with Crippen LogP contribution in [-0.4, -0.2) is 33.9 Å². The highest BCUT2D eigenvalue weighted by Crippen LogP contribution is 2.28. The molecule has 0 saturated carbocycles. The van der Waals surface area contributed by atoms with Gasteiger partial charge in [0.1, 0.15) is 11.5 Å². The first-order valence-corrected chi connectivity index (χ1v) is 4.69. The Bertz CT molecular complexity index is 390. The van der Waals surface area contributed by atoms with Crippen LogP contribution >= 0.6 is 0 Å². The number of carbonyl (C=O) groups is 2. The molecule has 0 atom stereocenters. The number of carboxylic acid groups (broad SMARTS) is 1. The van der Waals surface area contributed by atoms with Crippen LogP contribution in [-0.2, 0) is 14.3 Å². The van der Waals surface area contributed by atoms with Gasteiger partial charge in [0, 0.05) is 12.8 Å². The van der Waals surface area contributed by atoms with E-state index in [9.17, 15) is 19.8 Å². The van der Waals surface area contributed by atoms with Gasteiger partial charge < -0.3 is 20.1 Å². The summed E-state index contributed by atoms with van der Waals surface area (Å²) in [5, 5.41) is 27.6. The molecular formula is C10H12O6. The molecule has 0 aromatic heterocycles. The number of aliphatic hydroxyl groups excluding tert-OH is 2. The normalized spacial score (nSPS) is 16.3. The zero-order valence-electron chi connectivity index (χ0n) is 8.69. The van der Waals surface area contributed by atoms with Gasteiger partial charge in [0.15, 0.2) is 0 Å². The molecule has 88 valence electrons. The number of hydrogen-bond donors (Lipinski definition) is 3. The first-order chi connectivity index (χ1) is 7.47. The van der Waals surface area contributed by atoms with Crippen LogP contribution in [0.1, 0.15) is 19.8 Å². The Morgan fingerprint density at radius 2 is 1.69 bits per heavy atom. The lowest BCUT2D eigenvalue weighted by atomic mass is 9.96. The minimum absolute atomic E-state index is 0.0932. The smallest absolute Gasteiger partial charge is 0.337 e. The van der Waals surface area contributed by atoms with Crippen molar-refractivity contribution in [2.24, 2.45) is 0 Å². The molecule has 0 aliphatic heterocycles. The van der Waals surface area contributed by atoms with Gasteiger partial charge in [0.05, 0.1) is 17.8 Å². The minimum Gasteiger partial charge on any atom is -0.511 e. The average molecular weight is 228 g/mol. The summed E-state index contributed by atoms with van der Waals surface area (Å²) in [6.07, 6.45) is -0.679. The molecule has 0 heterocycles. The molecular weight excluding hydrogens is 216 g/mol. The van der Waals surface area contributed by atoms with E-state index in [1.165, 1.54) is 0 Å². The SMILES string of the molecule is CCOC(=O)C1=C(O)CC(C(=O)O)=C(O)C1. The third-order valence-electron chi connectivity index (χ3n) is 2.17. The fraction of sp³-hybridized carbons (Fsp3) is 0.400. The predicted molar refractivity (Wildman–Crippen MR) is 52.8 cm³/mol. The zero-order valence-corrected chi connectivity index (χ0v) is 8.69. The van der Waals surface area contributed by atoms with E-state index in [0.29, 0.717) is 0 Å². The van der Waals surface area contributed by atoms with Crippen molar-refractivity contribution in [3.05, 3.63) is 22.7 Å². The largest absolute Gasteiger partial charge is 0.511 e. The quantitative estimate of drug-likeness (QED) is 0.624. The van der Waals surface area contributed by atoms with E-state index in [1.54, 1.807) is 6.92 Å². The van der Waals surface area contributed by atoms with Gasteiger partial charge in [-0.15, -0.1) is 0 Å². The second-order valence-electron chi connectivity index (χ2n) is 3.23. The first-order valence-electron chi connectivity index (χ1n) is 4.69. The molecule has 0 radical (unpaired) electrons. The summed E-state index contributed by atoms with van der Waals surface area (Å²) in [6.45, 7) is 1.75. The molecule has 0 fully saturated rings. The Morgan fingerprint density at radius 3 is 2.19 bits per heavy atom. The van der Waals surface area contributed by atoms with E-state index in [0.717, 1.165) is 0 Å². The van der Waals surface area contributed by atoms with Gasteiger partial charge in [-0.2, -0.15) is 0 Å². The second kappa shape index (κ2) is 4.69. The monoisotopic (exact) mass is 228 g/mol. The van der Waals surface area contributed by atoms with Crippen LogP contribution in [0.4, 0.5) is 0 Å². The van der Waals surface area contributed by atoms with E-state index in [4.69, 9.17) is 5.11 Å². The third kappa shape index (κ3) is 2.33. The summed E-state index contributed by atoms with van der Waals surface area (Å²) in [7, 11) is 0. The summed E-state index contributed by atoms with van der Waals surface area (Å²) in [5.41, 5.74) is -0.394. The Morgan fingerprint density at radius 1 is 1.19 bits per heavy atom. The Balaban J connectivity index is 2.91. The standard InChI is InChI=1S/C10H12O6/c1-2-16-10(15)6-4-7(11)5(9(13)14)3-8(6)12/h11-12H,2-4H2,1H3,(H,13,14). The molecule has 6 heteroatoms. The molecule has 0 bridgehead atoms. The highest BCUT2D eigenvalue weighted by molar-refractivity contribution is 5.93. The molecule has 1 aliphatic carbocycles. The molecule has 3 N–H and O–H groups in total. The second-order valence-corrected chi connectivity index (χ2v) is 3.23. The van der Waals surface area contributed by atoms with Crippen molar-refractivity contribution >= 4 is 11.9 Å². The molecule has 1 aliphatic rings. The average Bonchev–Trinajstić information content (AvgIpc) is 2.20. The molecule has 1 rings (SSSR count). The Labute approximate surface area is 91.5 Å². The van der Waals surface area contributed by atoms with Gasteiger partial charge in [-0.25, -0.2) is 9.59 Å². The highest BCUT2D eigenvalue weighted by atomic mass is 16.5. The van der Waals surface area contributed by atoms with Crippen molar-refractivity contribution in [3.63, 3.8) is 0 Å². The van der Waals surface area contributed by atoms with E-state index < -0.39 is 17.7 Å². The van der Waals surface area contributed by atoms with Crippen LogP contribution < -0.4 is 0 Å². The molecule has 0 amide bonds. The molecule has 0 aromatic rings. The van der Waals surface area contributed by atoms with Gasteiger partial charge in [-0.1, -0.05) is 0 Å². The first kappa shape index (κ1) is 12.1. The number of aliphatic carboxylic acids is 1. The fourth-order valence-corrected chi connectivity index (χ4v) is 1.36. The lowest BCUT2D eigenvalue weighted by Crippen LogP contribution is -2.18. The molecule has 0 spiro atoms. The van der Waals surface area contributed by atoms with Gasteiger partial charge in [0.2, 0.25) is 0 Å². The van der Waals surface area contributed by atoms with Crippen molar-refractivity contribution in [1.82, 2.24) is 0 Å². The van der Waals surface area contributed by atoms with Crippen LogP contribution in [0.2, 0.25) is 0 Å². The van der Waals surface area contributed by atoms with Crippen LogP contribution in [0.25, 0.3) is 0 Å². The number of hydrogen-bond acceptors (Lipinski definition) is 5. The maximum Gasteiger partial charge on any atom is 0.337 e. The Hall–Kier alpha value is -1.98. The highest BCUT2D eigenvalue weighted by Gasteiger charge is 2.28. The Kier molecular flexibility index (Phi) is 3.55. The number of allylic oxidation sites excluding steroid dienone is 2. The third-order valence-corrected chi connectivity index (χ3v) is 2.17. The number of esters is 1. The molecule has 0 saturated heterocycles.